The number of aliphatic hydroxyl groups is 1. The minimum atomic E-state index is -0.813. The minimum absolute atomic E-state index is 0.321. The summed E-state index contributed by atoms with van der Waals surface area (Å²) in [6, 6.07) is 14.2. The van der Waals surface area contributed by atoms with Crippen molar-refractivity contribution in [1.29, 1.82) is 0 Å². The quantitative estimate of drug-likeness (QED) is 0.465. The van der Waals surface area contributed by atoms with Crippen LogP contribution in [-0.4, -0.2) is 58.8 Å². The number of nitrogens with zero attached hydrogens (tertiary/aromatic N) is 3. The number of benzene rings is 2. The fraction of sp³-hybridized carbons (Fsp3) is 0.464. The zero-order valence-electron chi connectivity index (χ0n) is 21.1. The summed E-state index contributed by atoms with van der Waals surface area (Å²) in [6.45, 7) is 8.18. The molecule has 2 aromatic carbocycles. The van der Waals surface area contributed by atoms with Crippen LogP contribution in [0.1, 0.15) is 36.0 Å². The van der Waals surface area contributed by atoms with Crippen LogP contribution in [0.3, 0.4) is 0 Å². The van der Waals surface area contributed by atoms with Crippen molar-refractivity contribution in [3.63, 3.8) is 0 Å². The molecule has 0 unspecified atom stereocenters. The van der Waals surface area contributed by atoms with Crippen molar-refractivity contribution in [2.45, 2.75) is 51.8 Å². The predicted molar refractivity (Wildman–Crippen MR) is 136 cm³/mol. The summed E-state index contributed by atoms with van der Waals surface area (Å²) in [6.07, 6.45) is 6.03. The van der Waals surface area contributed by atoms with Gasteiger partial charge in [0.05, 0.1) is 19.3 Å². The smallest absolute Gasteiger partial charge is 0.161 e. The maximum absolute atomic E-state index is 11.2. The molecule has 7 heteroatoms. The van der Waals surface area contributed by atoms with Crippen molar-refractivity contribution in [3.8, 4) is 17.2 Å². The van der Waals surface area contributed by atoms with Gasteiger partial charge < -0.3 is 19.3 Å². The van der Waals surface area contributed by atoms with Crippen LogP contribution in [0, 0.1) is 13.8 Å². The van der Waals surface area contributed by atoms with Gasteiger partial charge in [-0.25, -0.2) is 0 Å². The first-order valence-electron chi connectivity index (χ1n) is 12.4. The van der Waals surface area contributed by atoms with Gasteiger partial charge in [0.25, 0.3) is 0 Å². The van der Waals surface area contributed by atoms with Crippen molar-refractivity contribution in [1.82, 2.24) is 14.7 Å². The van der Waals surface area contributed by atoms with Crippen LogP contribution < -0.4 is 14.2 Å². The summed E-state index contributed by atoms with van der Waals surface area (Å²) < 4.78 is 19.4. The molecule has 188 valence electrons. The molecule has 0 aliphatic carbocycles. The van der Waals surface area contributed by atoms with Crippen LogP contribution in [0.25, 0.3) is 0 Å². The van der Waals surface area contributed by atoms with Gasteiger partial charge in [-0.15, -0.1) is 0 Å². The highest BCUT2D eigenvalue weighted by molar-refractivity contribution is 5.43. The van der Waals surface area contributed by atoms with E-state index >= 15 is 0 Å². The number of hydrogen-bond donors (Lipinski definition) is 1. The Labute approximate surface area is 208 Å². The Kier molecular flexibility index (Phi) is 8.31. The van der Waals surface area contributed by atoms with Crippen molar-refractivity contribution in [2.75, 3.05) is 33.4 Å². The van der Waals surface area contributed by atoms with E-state index in [1.165, 1.54) is 5.56 Å². The second kappa shape index (κ2) is 11.6. The van der Waals surface area contributed by atoms with Gasteiger partial charge in [-0.2, -0.15) is 5.10 Å². The van der Waals surface area contributed by atoms with E-state index in [0.29, 0.717) is 26.2 Å². The Morgan fingerprint density at radius 2 is 1.86 bits per heavy atom. The van der Waals surface area contributed by atoms with Crippen molar-refractivity contribution in [2.24, 2.45) is 0 Å². The molecular weight excluding hydrogens is 442 g/mol. The molecule has 0 spiro atoms. The SMILES string of the molecule is COc1ccc(CN2CCC[C@@](O)(COc3ccc(C)cc3C)CC2)cc1OCCn1cccn1. The molecule has 3 aromatic rings. The Bertz CT molecular complexity index is 1090. The van der Waals surface area contributed by atoms with Crippen molar-refractivity contribution in [3.05, 3.63) is 71.5 Å². The zero-order chi connectivity index (χ0) is 24.7. The van der Waals surface area contributed by atoms with Gasteiger partial charge in [-0.1, -0.05) is 23.8 Å². The highest BCUT2D eigenvalue weighted by Gasteiger charge is 2.31. The van der Waals surface area contributed by atoms with Crippen molar-refractivity contribution >= 4 is 0 Å². The van der Waals surface area contributed by atoms with Crippen LogP contribution in [0.4, 0.5) is 0 Å². The highest BCUT2D eigenvalue weighted by Crippen LogP contribution is 2.30. The van der Waals surface area contributed by atoms with Gasteiger partial charge in [-0.05, 0) is 75.0 Å². The number of ether oxygens (including phenoxy) is 3. The molecule has 4 rings (SSSR count). The van der Waals surface area contributed by atoms with E-state index in [1.807, 2.05) is 42.1 Å². The third-order valence-corrected chi connectivity index (χ3v) is 6.61. The van der Waals surface area contributed by atoms with E-state index in [0.717, 1.165) is 60.9 Å². The van der Waals surface area contributed by atoms with E-state index in [9.17, 15) is 5.11 Å². The van der Waals surface area contributed by atoms with E-state index in [-0.39, 0.29) is 0 Å². The zero-order valence-corrected chi connectivity index (χ0v) is 21.1. The van der Waals surface area contributed by atoms with Gasteiger partial charge in [-0.3, -0.25) is 9.58 Å². The third kappa shape index (κ3) is 6.99. The molecule has 1 aliphatic rings. The molecule has 1 aromatic heterocycles. The molecule has 1 fully saturated rings. The molecule has 0 saturated carbocycles. The first-order chi connectivity index (χ1) is 16.9. The summed E-state index contributed by atoms with van der Waals surface area (Å²) in [5, 5.41) is 15.4. The van der Waals surface area contributed by atoms with E-state index in [4.69, 9.17) is 14.2 Å². The minimum Gasteiger partial charge on any atom is -0.493 e. The Hall–Kier alpha value is -3.03. The van der Waals surface area contributed by atoms with E-state index in [1.54, 1.807) is 13.3 Å². The number of rotatable bonds is 10. The van der Waals surface area contributed by atoms with Gasteiger partial charge >= 0.3 is 0 Å². The fourth-order valence-corrected chi connectivity index (χ4v) is 4.58. The third-order valence-electron chi connectivity index (χ3n) is 6.61. The maximum Gasteiger partial charge on any atom is 0.161 e. The molecule has 1 aliphatic heterocycles. The average molecular weight is 480 g/mol. The maximum atomic E-state index is 11.2. The number of methoxy groups -OCH3 is 1. The van der Waals surface area contributed by atoms with E-state index < -0.39 is 5.60 Å². The monoisotopic (exact) mass is 479 g/mol. The molecule has 1 atom stereocenters. The normalized spacial score (nSPS) is 18.7. The first-order valence-corrected chi connectivity index (χ1v) is 12.4. The van der Waals surface area contributed by atoms with Crippen molar-refractivity contribution < 1.29 is 19.3 Å². The number of likely N-dealkylation sites (tertiary alicyclic amines) is 1. The number of aryl methyl sites for hydroxylation is 2. The van der Waals surface area contributed by atoms with Crippen LogP contribution in [-0.2, 0) is 13.1 Å². The van der Waals surface area contributed by atoms with Gasteiger partial charge in [0.1, 0.15) is 19.0 Å². The Morgan fingerprint density at radius 1 is 1.00 bits per heavy atom. The molecule has 0 bridgehead atoms. The lowest BCUT2D eigenvalue weighted by Gasteiger charge is -2.27. The lowest BCUT2D eigenvalue weighted by molar-refractivity contribution is -0.0170. The average Bonchev–Trinajstić information content (AvgIpc) is 3.29. The molecule has 35 heavy (non-hydrogen) atoms. The molecule has 0 radical (unpaired) electrons. The number of hydrogen-bond acceptors (Lipinski definition) is 6. The number of aromatic nitrogens is 2. The second-order valence-electron chi connectivity index (χ2n) is 9.51. The summed E-state index contributed by atoms with van der Waals surface area (Å²) in [5.41, 5.74) is 2.67. The molecule has 1 N–H and O–H groups in total. The topological polar surface area (TPSA) is 69.0 Å². The summed E-state index contributed by atoms with van der Waals surface area (Å²) in [4.78, 5) is 2.39. The van der Waals surface area contributed by atoms with E-state index in [2.05, 4.69) is 35.1 Å². The lowest BCUT2D eigenvalue weighted by atomic mass is 9.96. The highest BCUT2D eigenvalue weighted by atomic mass is 16.5. The lowest BCUT2D eigenvalue weighted by Crippen LogP contribution is -2.37. The van der Waals surface area contributed by atoms with Crippen LogP contribution in [0.15, 0.2) is 54.9 Å². The van der Waals surface area contributed by atoms with Crippen LogP contribution >= 0.6 is 0 Å². The molecule has 2 heterocycles. The first kappa shape index (κ1) is 25.1. The molecule has 0 amide bonds. The van der Waals surface area contributed by atoms with Gasteiger partial charge in [0.15, 0.2) is 11.5 Å². The van der Waals surface area contributed by atoms with Crippen LogP contribution in [0.5, 0.6) is 17.2 Å². The second-order valence-corrected chi connectivity index (χ2v) is 9.51. The molecular formula is C28H37N3O4. The fourth-order valence-electron chi connectivity index (χ4n) is 4.58. The Morgan fingerprint density at radius 3 is 2.63 bits per heavy atom. The molecule has 1 saturated heterocycles. The van der Waals surface area contributed by atoms with Crippen LogP contribution in [0.2, 0.25) is 0 Å². The summed E-state index contributed by atoms with van der Waals surface area (Å²) in [5.74, 6) is 2.32. The van der Waals surface area contributed by atoms with Gasteiger partial charge in [0.2, 0.25) is 0 Å². The van der Waals surface area contributed by atoms with Gasteiger partial charge in [0, 0.05) is 25.5 Å². The summed E-state index contributed by atoms with van der Waals surface area (Å²) >= 11 is 0. The largest absolute Gasteiger partial charge is 0.493 e. The standard InChI is InChI=1S/C28H37N3O4/c1-22-6-8-25(23(2)18-22)35-21-28(32)10-4-13-30(15-11-28)20-24-7-9-26(33-3)27(19-24)34-17-16-31-14-5-12-29-31/h5-9,12,14,18-19,32H,4,10-11,13,15-17,20-21H2,1-3H3/t28-/m0/s1. The predicted octanol–water partition coefficient (Wildman–Crippen LogP) is 4.38. The Balaban J connectivity index is 1.32. The molecule has 7 nitrogen and oxygen atoms in total. The summed E-state index contributed by atoms with van der Waals surface area (Å²) in [7, 11) is 1.66.